The van der Waals surface area contributed by atoms with Crippen LogP contribution in [0, 0.1) is 6.92 Å². The Morgan fingerprint density at radius 2 is 2.00 bits per heavy atom. The van der Waals surface area contributed by atoms with E-state index >= 15 is 0 Å². The number of aromatic nitrogens is 3. The number of nitrogens with one attached hydrogen (secondary N) is 2. The lowest BCUT2D eigenvalue weighted by molar-refractivity contribution is 0.453. The van der Waals surface area contributed by atoms with Gasteiger partial charge in [0.2, 0.25) is 5.89 Å². The first kappa shape index (κ1) is 12.8. The predicted octanol–water partition coefficient (Wildman–Crippen LogP) is 2.75. The fourth-order valence-electron chi connectivity index (χ4n) is 1.48. The number of halogens is 1. The van der Waals surface area contributed by atoms with Gasteiger partial charge in [0.25, 0.3) is 0 Å². The van der Waals surface area contributed by atoms with Crippen molar-refractivity contribution in [3.05, 3.63) is 28.6 Å². The molecule has 2 heterocycles. The molecule has 0 fully saturated rings. The fraction of sp³-hybridized carbons (Fsp3) is 0.364. The highest BCUT2D eigenvalue weighted by Crippen LogP contribution is 2.28. The molecule has 0 aliphatic heterocycles. The minimum atomic E-state index is -0.0744. The van der Waals surface area contributed by atoms with E-state index in [4.69, 9.17) is 4.42 Å². The Labute approximate surface area is 113 Å². The molecule has 0 amide bonds. The molecule has 0 spiro atoms. The molecule has 0 aromatic carbocycles. The van der Waals surface area contributed by atoms with Gasteiger partial charge in [0.05, 0.1) is 6.20 Å². The van der Waals surface area contributed by atoms with Crippen LogP contribution in [-0.2, 0) is 0 Å². The van der Waals surface area contributed by atoms with Crippen molar-refractivity contribution in [2.24, 2.45) is 0 Å². The van der Waals surface area contributed by atoms with Gasteiger partial charge in [-0.2, -0.15) is 0 Å². The van der Waals surface area contributed by atoms with E-state index in [2.05, 4.69) is 41.5 Å². The highest BCUT2D eigenvalue weighted by molar-refractivity contribution is 9.10. The zero-order chi connectivity index (χ0) is 13.1. The highest BCUT2D eigenvalue weighted by Gasteiger charge is 2.15. The zero-order valence-electron chi connectivity index (χ0n) is 10.4. The number of anilines is 2. The molecule has 0 saturated heterocycles. The van der Waals surface area contributed by atoms with E-state index in [0.717, 1.165) is 16.1 Å². The molecule has 1 atom stereocenters. The fourth-order valence-corrected chi connectivity index (χ4v) is 2.00. The van der Waals surface area contributed by atoms with Crippen LogP contribution in [0.4, 0.5) is 11.6 Å². The summed E-state index contributed by atoms with van der Waals surface area (Å²) in [5.74, 6) is 2.83. The van der Waals surface area contributed by atoms with Gasteiger partial charge < -0.3 is 15.1 Å². The van der Waals surface area contributed by atoms with Crippen LogP contribution in [0.5, 0.6) is 0 Å². The smallest absolute Gasteiger partial charge is 0.216 e. The first-order valence-corrected chi connectivity index (χ1v) is 6.28. The molecule has 6 nitrogen and oxygen atoms in total. The summed E-state index contributed by atoms with van der Waals surface area (Å²) in [6.07, 6.45) is 3.19. The van der Waals surface area contributed by atoms with E-state index in [1.807, 2.05) is 13.8 Å². The maximum atomic E-state index is 5.47. The molecule has 0 aliphatic carbocycles. The van der Waals surface area contributed by atoms with Gasteiger partial charge in [-0.25, -0.2) is 15.0 Å². The standard InChI is InChI=1S/C11H14BrN5O/c1-6-4-14-11(18-6)7(2)17-10-8(12)9(13-3)15-5-16-10/h4-5,7H,1-3H3,(H2,13,15,16,17). The van der Waals surface area contributed by atoms with Crippen molar-refractivity contribution in [3.8, 4) is 0 Å². The summed E-state index contributed by atoms with van der Waals surface area (Å²) in [5, 5.41) is 6.20. The van der Waals surface area contributed by atoms with Crippen LogP contribution >= 0.6 is 15.9 Å². The molecule has 2 N–H and O–H groups in total. The Morgan fingerprint density at radius 1 is 1.28 bits per heavy atom. The first-order chi connectivity index (χ1) is 8.61. The van der Waals surface area contributed by atoms with E-state index in [1.54, 1.807) is 13.2 Å². The van der Waals surface area contributed by atoms with E-state index in [9.17, 15) is 0 Å². The number of rotatable bonds is 4. The molecular weight excluding hydrogens is 298 g/mol. The van der Waals surface area contributed by atoms with Crippen LogP contribution in [-0.4, -0.2) is 22.0 Å². The minimum Gasteiger partial charge on any atom is -0.444 e. The van der Waals surface area contributed by atoms with Gasteiger partial charge in [-0.3, -0.25) is 0 Å². The summed E-state index contributed by atoms with van der Waals surface area (Å²) in [6.45, 7) is 3.82. The zero-order valence-corrected chi connectivity index (χ0v) is 11.9. The lowest BCUT2D eigenvalue weighted by Gasteiger charge is -2.13. The molecule has 2 aromatic heterocycles. The average Bonchev–Trinajstić information content (AvgIpc) is 2.78. The molecule has 0 saturated carbocycles. The van der Waals surface area contributed by atoms with Gasteiger partial charge in [-0.05, 0) is 29.8 Å². The number of hydrogen-bond donors (Lipinski definition) is 2. The summed E-state index contributed by atoms with van der Waals surface area (Å²) in [5.41, 5.74) is 0. The minimum absolute atomic E-state index is 0.0744. The van der Waals surface area contributed by atoms with E-state index in [0.29, 0.717) is 11.7 Å². The van der Waals surface area contributed by atoms with Crippen molar-refractivity contribution < 1.29 is 4.42 Å². The SMILES string of the molecule is CNc1ncnc(NC(C)c2ncc(C)o2)c1Br. The van der Waals surface area contributed by atoms with Crippen LogP contribution in [0.1, 0.15) is 24.6 Å². The molecule has 2 aromatic rings. The van der Waals surface area contributed by atoms with Crippen molar-refractivity contribution in [2.75, 3.05) is 17.7 Å². The Kier molecular flexibility index (Phi) is 3.81. The summed E-state index contributed by atoms with van der Waals surface area (Å²) in [7, 11) is 1.80. The predicted molar refractivity (Wildman–Crippen MR) is 72.6 cm³/mol. The number of aryl methyl sites for hydroxylation is 1. The molecular formula is C11H14BrN5O. The van der Waals surface area contributed by atoms with Gasteiger partial charge in [0, 0.05) is 7.05 Å². The summed E-state index contributed by atoms with van der Waals surface area (Å²) in [6, 6.07) is -0.0744. The second kappa shape index (κ2) is 5.34. The molecule has 18 heavy (non-hydrogen) atoms. The van der Waals surface area contributed by atoms with Crippen molar-refractivity contribution in [2.45, 2.75) is 19.9 Å². The Morgan fingerprint density at radius 3 is 2.61 bits per heavy atom. The number of oxazole rings is 1. The van der Waals surface area contributed by atoms with Crippen molar-refractivity contribution in [1.29, 1.82) is 0 Å². The number of hydrogen-bond acceptors (Lipinski definition) is 6. The molecule has 7 heteroatoms. The third kappa shape index (κ3) is 2.61. The van der Waals surface area contributed by atoms with Crippen LogP contribution in [0.25, 0.3) is 0 Å². The van der Waals surface area contributed by atoms with Crippen molar-refractivity contribution in [3.63, 3.8) is 0 Å². The quantitative estimate of drug-likeness (QED) is 0.904. The summed E-state index contributed by atoms with van der Waals surface area (Å²) in [4.78, 5) is 12.5. The van der Waals surface area contributed by atoms with Crippen LogP contribution < -0.4 is 10.6 Å². The number of nitrogens with zero attached hydrogens (tertiary/aromatic N) is 3. The second-order valence-corrected chi connectivity index (χ2v) is 4.60. The third-order valence-corrected chi connectivity index (χ3v) is 3.14. The first-order valence-electron chi connectivity index (χ1n) is 5.49. The van der Waals surface area contributed by atoms with Crippen molar-refractivity contribution in [1.82, 2.24) is 15.0 Å². The van der Waals surface area contributed by atoms with Gasteiger partial charge >= 0.3 is 0 Å². The van der Waals surface area contributed by atoms with Crippen LogP contribution in [0.2, 0.25) is 0 Å². The molecule has 96 valence electrons. The largest absolute Gasteiger partial charge is 0.444 e. The van der Waals surface area contributed by atoms with E-state index < -0.39 is 0 Å². The van der Waals surface area contributed by atoms with Gasteiger partial charge in [-0.15, -0.1) is 0 Å². The average molecular weight is 312 g/mol. The van der Waals surface area contributed by atoms with Gasteiger partial charge in [0.15, 0.2) is 0 Å². The monoisotopic (exact) mass is 311 g/mol. The maximum Gasteiger partial charge on any atom is 0.216 e. The van der Waals surface area contributed by atoms with E-state index in [-0.39, 0.29) is 6.04 Å². The van der Waals surface area contributed by atoms with E-state index in [1.165, 1.54) is 6.33 Å². The lowest BCUT2D eigenvalue weighted by atomic mass is 10.3. The normalized spacial score (nSPS) is 12.2. The lowest BCUT2D eigenvalue weighted by Crippen LogP contribution is -2.10. The van der Waals surface area contributed by atoms with Gasteiger partial charge in [-0.1, -0.05) is 0 Å². The molecule has 0 bridgehead atoms. The third-order valence-electron chi connectivity index (χ3n) is 2.39. The Balaban J connectivity index is 2.19. The maximum absolute atomic E-state index is 5.47. The molecule has 2 rings (SSSR count). The van der Waals surface area contributed by atoms with Gasteiger partial charge in [0.1, 0.15) is 34.2 Å². The van der Waals surface area contributed by atoms with Crippen LogP contribution in [0.3, 0.4) is 0 Å². The van der Waals surface area contributed by atoms with Crippen molar-refractivity contribution >= 4 is 27.6 Å². The topological polar surface area (TPSA) is 75.9 Å². The molecule has 0 radical (unpaired) electrons. The summed E-state index contributed by atoms with van der Waals surface area (Å²) < 4.78 is 6.25. The highest BCUT2D eigenvalue weighted by atomic mass is 79.9. The van der Waals surface area contributed by atoms with Crippen LogP contribution in [0.15, 0.2) is 21.4 Å². The molecule has 0 aliphatic rings. The molecule has 1 unspecified atom stereocenters. The second-order valence-electron chi connectivity index (χ2n) is 3.81. The summed E-state index contributed by atoms with van der Waals surface area (Å²) >= 11 is 3.45. The Bertz CT molecular complexity index is 542. The Hall–Kier alpha value is -1.63.